The van der Waals surface area contributed by atoms with E-state index in [1.165, 1.54) is 37.0 Å². The summed E-state index contributed by atoms with van der Waals surface area (Å²) >= 11 is 1.74. The van der Waals surface area contributed by atoms with E-state index in [1.807, 2.05) is 0 Å². The third-order valence-corrected chi connectivity index (χ3v) is 5.94. The molecule has 0 bridgehead atoms. The standard InChI is InChI=1S/C18H26O2S/c1-21-16-7-5-14(6-8-16)17(19)15-9-12-20-18(13-15)10-3-2-4-11-18/h5-8,15,17,19H,2-4,9-13H2,1H3. The highest BCUT2D eigenvalue weighted by atomic mass is 32.2. The third-order valence-electron chi connectivity index (χ3n) is 5.20. The van der Waals surface area contributed by atoms with Crippen LogP contribution in [0, 0.1) is 5.92 Å². The van der Waals surface area contributed by atoms with E-state index in [9.17, 15) is 5.11 Å². The number of thioether (sulfide) groups is 1. The summed E-state index contributed by atoms with van der Waals surface area (Å²) in [6, 6.07) is 8.39. The monoisotopic (exact) mass is 306 g/mol. The quantitative estimate of drug-likeness (QED) is 0.829. The van der Waals surface area contributed by atoms with Gasteiger partial charge in [-0.15, -0.1) is 11.8 Å². The average Bonchev–Trinajstić information content (AvgIpc) is 2.55. The van der Waals surface area contributed by atoms with Gasteiger partial charge in [0.25, 0.3) is 0 Å². The second-order valence-corrected chi connectivity index (χ2v) is 7.44. The molecule has 0 amide bonds. The van der Waals surface area contributed by atoms with Gasteiger partial charge in [0.2, 0.25) is 0 Å². The predicted molar refractivity (Wildman–Crippen MR) is 87.7 cm³/mol. The van der Waals surface area contributed by atoms with Crippen molar-refractivity contribution < 1.29 is 9.84 Å². The van der Waals surface area contributed by atoms with Crippen molar-refractivity contribution in [1.29, 1.82) is 0 Å². The summed E-state index contributed by atoms with van der Waals surface area (Å²) in [6.45, 7) is 0.810. The molecular weight excluding hydrogens is 280 g/mol. The SMILES string of the molecule is CSc1ccc(C(O)C2CCOC3(CCCCC3)C2)cc1. The highest BCUT2D eigenvalue weighted by Crippen LogP contribution is 2.44. The summed E-state index contributed by atoms with van der Waals surface area (Å²) < 4.78 is 6.14. The van der Waals surface area contributed by atoms with Crippen molar-refractivity contribution in [2.45, 2.75) is 61.5 Å². The van der Waals surface area contributed by atoms with Gasteiger partial charge < -0.3 is 9.84 Å². The lowest BCUT2D eigenvalue weighted by atomic mass is 9.74. The first-order valence-electron chi connectivity index (χ1n) is 8.18. The zero-order chi connectivity index (χ0) is 14.7. The van der Waals surface area contributed by atoms with Crippen LogP contribution < -0.4 is 0 Å². The second-order valence-electron chi connectivity index (χ2n) is 6.56. The van der Waals surface area contributed by atoms with E-state index in [-0.39, 0.29) is 11.7 Å². The van der Waals surface area contributed by atoms with Crippen molar-refractivity contribution in [2.75, 3.05) is 12.9 Å². The molecule has 1 heterocycles. The predicted octanol–water partition coefficient (Wildman–Crippen LogP) is 4.57. The van der Waals surface area contributed by atoms with Gasteiger partial charge in [0.1, 0.15) is 0 Å². The molecule has 0 radical (unpaired) electrons. The molecule has 2 unspecified atom stereocenters. The first-order valence-corrected chi connectivity index (χ1v) is 9.41. The van der Waals surface area contributed by atoms with Crippen molar-refractivity contribution in [3.8, 4) is 0 Å². The van der Waals surface area contributed by atoms with Crippen LogP contribution in [0.1, 0.15) is 56.6 Å². The Bertz CT molecular complexity index is 445. The summed E-state index contributed by atoms with van der Waals surface area (Å²) in [4.78, 5) is 1.25. The van der Waals surface area contributed by atoms with Crippen LogP contribution in [0.15, 0.2) is 29.2 Å². The van der Waals surface area contributed by atoms with Gasteiger partial charge in [-0.2, -0.15) is 0 Å². The van der Waals surface area contributed by atoms with E-state index in [4.69, 9.17) is 4.74 Å². The summed E-state index contributed by atoms with van der Waals surface area (Å²) in [5.74, 6) is 0.344. The molecule has 1 aliphatic heterocycles. The van der Waals surface area contributed by atoms with E-state index < -0.39 is 0 Å². The molecular formula is C18H26O2S. The van der Waals surface area contributed by atoms with Gasteiger partial charge in [0.15, 0.2) is 0 Å². The van der Waals surface area contributed by atoms with Crippen LogP contribution in [-0.2, 0) is 4.74 Å². The summed E-state index contributed by atoms with van der Waals surface area (Å²) in [5, 5.41) is 10.8. The van der Waals surface area contributed by atoms with Gasteiger partial charge in [-0.05, 0) is 55.6 Å². The number of rotatable bonds is 3. The first kappa shape index (κ1) is 15.4. The normalized spacial score (nSPS) is 26.7. The van der Waals surface area contributed by atoms with Crippen molar-refractivity contribution in [3.63, 3.8) is 0 Å². The molecule has 116 valence electrons. The molecule has 1 N–H and O–H groups in total. The minimum atomic E-state index is -0.344. The molecule has 1 aliphatic carbocycles. The zero-order valence-corrected chi connectivity index (χ0v) is 13.7. The summed E-state index contributed by atoms with van der Waals surface area (Å²) in [7, 11) is 0. The zero-order valence-electron chi connectivity index (χ0n) is 12.9. The molecule has 1 saturated carbocycles. The van der Waals surface area contributed by atoms with E-state index in [2.05, 4.69) is 30.5 Å². The fraction of sp³-hybridized carbons (Fsp3) is 0.667. The third kappa shape index (κ3) is 3.46. The maximum Gasteiger partial charge on any atom is 0.0820 e. The van der Waals surface area contributed by atoms with Crippen molar-refractivity contribution in [1.82, 2.24) is 0 Å². The van der Waals surface area contributed by atoms with E-state index in [0.29, 0.717) is 5.92 Å². The minimum Gasteiger partial charge on any atom is -0.388 e. The Labute approximate surface area is 132 Å². The van der Waals surface area contributed by atoms with Crippen LogP contribution in [0.4, 0.5) is 0 Å². The average molecular weight is 306 g/mol. The molecule has 3 heteroatoms. The van der Waals surface area contributed by atoms with Crippen LogP contribution in [-0.4, -0.2) is 23.6 Å². The van der Waals surface area contributed by atoms with E-state index in [0.717, 1.165) is 25.0 Å². The smallest absolute Gasteiger partial charge is 0.0820 e. The fourth-order valence-electron chi connectivity index (χ4n) is 3.95. The van der Waals surface area contributed by atoms with Gasteiger partial charge in [0.05, 0.1) is 11.7 Å². The molecule has 3 rings (SSSR count). The molecule has 0 aromatic heterocycles. The van der Waals surface area contributed by atoms with Crippen LogP contribution >= 0.6 is 11.8 Å². The molecule has 21 heavy (non-hydrogen) atoms. The van der Waals surface area contributed by atoms with Crippen molar-refractivity contribution in [3.05, 3.63) is 29.8 Å². The lowest BCUT2D eigenvalue weighted by molar-refractivity contribution is -0.134. The topological polar surface area (TPSA) is 29.5 Å². The highest BCUT2D eigenvalue weighted by Gasteiger charge is 2.40. The number of ether oxygens (including phenoxy) is 1. The van der Waals surface area contributed by atoms with Gasteiger partial charge in [-0.25, -0.2) is 0 Å². The number of aliphatic hydroxyl groups is 1. The van der Waals surface area contributed by atoms with Crippen LogP contribution in [0.3, 0.4) is 0 Å². The van der Waals surface area contributed by atoms with Gasteiger partial charge in [0, 0.05) is 11.5 Å². The largest absolute Gasteiger partial charge is 0.388 e. The van der Waals surface area contributed by atoms with Gasteiger partial charge >= 0.3 is 0 Å². The Balaban J connectivity index is 1.69. The second kappa shape index (κ2) is 6.72. The van der Waals surface area contributed by atoms with Crippen LogP contribution in [0.25, 0.3) is 0 Å². The highest BCUT2D eigenvalue weighted by molar-refractivity contribution is 7.98. The minimum absolute atomic E-state index is 0.0708. The number of benzene rings is 1. The maximum atomic E-state index is 10.8. The molecule has 2 atom stereocenters. The summed E-state index contributed by atoms with van der Waals surface area (Å²) in [5.41, 5.74) is 1.13. The Hall–Kier alpha value is -0.510. The van der Waals surface area contributed by atoms with Gasteiger partial charge in [-0.1, -0.05) is 31.4 Å². The molecule has 2 aliphatic rings. The fourth-order valence-corrected chi connectivity index (χ4v) is 4.36. The van der Waals surface area contributed by atoms with Crippen LogP contribution in [0.2, 0.25) is 0 Å². The lowest BCUT2D eigenvalue weighted by Crippen LogP contribution is -2.42. The van der Waals surface area contributed by atoms with E-state index >= 15 is 0 Å². The molecule has 1 saturated heterocycles. The molecule has 1 spiro atoms. The van der Waals surface area contributed by atoms with Crippen molar-refractivity contribution >= 4 is 11.8 Å². The number of hydrogen-bond donors (Lipinski definition) is 1. The summed E-state index contributed by atoms with van der Waals surface area (Å²) in [6.07, 6.45) is 10.0. The maximum absolute atomic E-state index is 10.8. The number of aliphatic hydroxyl groups excluding tert-OH is 1. The van der Waals surface area contributed by atoms with Crippen LogP contribution in [0.5, 0.6) is 0 Å². The first-order chi connectivity index (χ1) is 10.2. The Morgan fingerprint density at radius 3 is 2.57 bits per heavy atom. The molecule has 1 aromatic carbocycles. The molecule has 1 aromatic rings. The Morgan fingerprint density at radius 2 is 1.90 bits per heavy atom. The Kier molecular flexibility index (Phi) is 4.92. The molecule has 2 nitrogen and oxygen atoms in total. The molecule has 2 fully saturated rings. The van der Waals surface area contributed by atoms with Gasteiger partial charge in [-0.3, -0.25) is 0 Å². The Morgan fingerprint density at radius 1 is 1.19 bits per heavy atom. The lowest BCUT2D eigenvalue weighted by Gasteiger charge is -2.44. The van der Waals surface area contributed by atoms with Crippen molar-refractivity contribution in [2.24, 2.45) is 5.92 Å². The number of hydrogen-bond acceptors (Lipinski definition) is 3. The van der Waals surface area contributed by atoms with E-state index in [1.54, 1.807) is 11.8 Å².